The molecule has 0 amide bonds. The summed E-state index contributed by atoms with van der Waals surface area (Å²) in [6.07, 6.45) is 0. The highest BCUT2D eigenvalue weighted by Crippen LogP contribution is 2.29. The van der Waals surface area contributed by atoms with Gasteiger partial charge in [-0.05, 0) is 24.6 Å². The molecule has 17 heavy (non-hydrogen) atoms. The molecule has 1 N–H and O–H groups in total. The van der Waals surface area contributed by atoms with E-state index >= 15 is 0 Å². The van der Waals surface area contributed by atoms with Crippen LogP contribution in [0.3, 0.4) is 0 Å². The van der Waals surface area contributed by atoms with Crippen LogP contribution in [0.1, 0.15) is 5.56 Å². The maximum Gasteiger partial charge on any atom is 0.347 e. The van der Waals surface area contributed by atoms with Gasteiger partial charge in [0.05, 0.1) is 0 Å². The molecule has 1 heterocycles. The molecule has 0 aliphatic heterocycles. The van der Waals surface area contributed by atoms with Crippen LogP contribution in [0.15, 0.2) is 45.6 Å². The second-order valence-corrected chi connectivity index (χ2v) is 4.09. The first-order valence-electron chi connectivity index (χ1n) is 5.32. The number of hydrogen-bond acceptors (Lipinski definition) is 3. The quantitative estimate of drug-likeness (QED) is 0.473. The van der Waals surface area contributed by atoms with Gasteiger partial charge in [0.1, 0.15) is 16.7 Å². The Bertz CT molecular complexity index is 784. The van der Waals surface area contributed by atoms with Crippen LogP contribution in [0.25, 0.3) is 21.7 Å². The van der Waals surface area contributed by atoms with Crippen molar-refractivity contribution < 1.29 is 9.52 Å². The smallest absolute Gasteiger partial charge is 0.347 e. The highest BCUT2D eigenvalue weighted by atomic mass is 16.4. The Morgan fingerprint density at radius 3 is 2.71 bits per heavy atom. The number of fused-ring (bicyclic) bond motifs is 3. The van der Waals surface area contributed by atoms with Crippen LogP contribution in [-0.2, 0) is 0 Å². The lowest BCUT2D eigenvalue weighted by Gasteiger charge is -2.05. The third-order valence-corrected chi connectivity index (χ3v) is 2.85. The fraction of sp³-hybridized carbons (Fsp3) is 0.0714. The van der Waals surface area contributed by atoms with E-state index in [1.807, 2.05) is 31.2 Å². The highest BCUT2D eigenvalue weighted by Gasteiger charge is 2.11. The minimum atomic E-state index is -0.504. The van der Waals surface area contributed by atoms with Gasteiger partial charge >= 0.3 is 5.63 Å². The third kappa shape index (κ3) is 1.40. The molecule has 84 valence electrons. The lowest BCUT2D eigenvalue weighted by molar-refractivity contribution is 0.477. The molecule has 3 nitrogen and oxygen atoms in total. The van der Waals surface area contributed by atoms with E-state index in [2.05, 4.69) is 0 Å². The summed E-state index contributed by atoms with van der Waals surface area (Å²) in [5.74, 6) is -0.0282. The molecule has 0 aliphatic rings. The number of rotatable bonds is 0. The fourth-order valence-corrected chi connectivity index (χ4v) is 2.12. The molecule has 0 unspecified atom stereocenters. The molecule has 0 fully saturated rings. The van der Waals surface area contributed by atoms with Gasteiger partial charge in [-0.25, -0.2) is 4.79 Å². The van der Waals surface area contributed by atoms with Crippen LogP contribution in [-0.4, -0.2) is 5.11 Å². The average molecular weight is 226 g/mol. The largest absolute Gasteiger partial charge is 0.507 e. The van der Waals surface area contributed by atoms with Gasteiger partial charge in [-0.2, -0.15) is 0 Å². The summed E-state index contributed by atoms with van der Waals surface area (Å²) in [5, 5.41) is 11.6. The van der Waals surface area contributed by atoms with Crippen molar-refractivity contribution in [1.29, 1.82) is 0 Å². The Balaban J connectivity index is 2.70. The number of aryl methyl sites for hydroxylation is 1. The zero-order valence-corrected chi connectivity index (χ0v) is 9.23. The van der Waals surface area contributed by atoms with E-state index in [9.17, 15) is 9.90 Å². The molecule has 3 rings (SSSR count). The number of phenols is 1. The van der Waals surface area contributed by atoms with Gasteiger partial charge in [0, 0.05) is 10.8 Å². The molecule has 0 bridgehead atoms. The van der Waals surface area contributed by atoms with Crippen molar-refractivity contribution in [3.63, 3.8) is 0 Å². The highest BCUT2D eigenvalue weighted by molar-refractivity contribution is 6.06. The molecular weight excluding hydrogens is 216 g/mol. The van der Waals surface area contributed by atoms with E-state index in [1.165, 1.54) is 0 Å². The average Bonchev–Trinajstić information content (AvgIpc) is 2.28. The lowest BCUT2D eigenvalue weighted by Crippen LogP contribution is -2.00. The van der Waals surface area contributed by atoms with Gasteiger partial charge in [-0.1, -0.05) is 24.3 Å². The SMILES string of the molecule is Cc1cc(O)c2c(=O)oc3ccccc3c2c1. The predicted molar refractivity (Wildman–Crippen MR) is 66.4 cm³/mol. The van der Waals surface area contributed by atoms with Gasteiger partial charge < -0.3 is 9.52 Å². The van der Waals surface area contributed by atoms with Crippen molar-refractivity contribution >= 4 is 21.7 Å². The number of para-hydroxylation sites is 1. The number of benzene rings is 2. The third-order valence-electron chi connectivity index (χ3n) is 2.85. The van der Waals surface area contributed by atoms with Gasteiger partial charge in [0.2, 0.25) is 0 Å². The molecule has 3 aromatic rings. The normalized spacial score (nSPS) is 11.1. The number of aromatic hydroxyl groups is 1. The van der Waals surface area contributed by atoms with Crippen LogP contribution in [0.2, 0.25) is 0 Å². The van der Waals surface area contributed by atoms with E-state index < -0.39 is 5.63 Å². The van der Waals surface area contributed by atoms with Gasteiger partial charge in [0.25, 0.3) is 0 Å². The molecule has 0 aliphatic carbocycles. The van der Waals surface area contributed by atoms with Crippen molar-refractivity contribution in [2.24, 2.45) is 0 Å². The molecule has 0 spiro atoms. The summed E-state index contributed by atoms with van der Waals surface area (Å²) in [5.41, 5.74) is 0.942. The van der Waals surface area contributed by atoms with Crippen LogP contribution in [0, 0.1) is 6.92 Å². The lowest BCUT2D eigenvalue weighted by atomic mass is 10.0. The Hall–Kier alpha value is -2.29. The first kappa shape index (κ1) is 9.90. The fourth-order valence-electron chi connectivity index (χ4n) is 2.12. The first-order chi connectivity index (χ1) is 8.16. The van der Waals surface area contributed by atoms with E-state index in [0.29, 0.717) is 5.58 Å². The Kier molecular flexibility index (Phi) is 1.95. The molecule has 0 atom stereocenters. The van der Waals surface area contributed by atoms with E-state index in [0.717, 1.165) is 16.3 Å². The number of hydrogen-bond donors (Lipinski definition) is 1. The molecule has 0 radical (unpaired) electrons. The van der Waals surface area contributed by atoms with Crippen LogP contribution in [0.5, 0.6) is 5.75 Å². The van der Waals surface area contributed by atoms with Crippen molar-refractivity contribution in [2.45, 2.75) is 6.92 Å². The monoisotopic (exact) mass is 226 g/mol. The maximum absolute atomic E-state index is 11.8. The van der Waals surface area contributed by atoms with Gasteiger partial charge in [-0.3, -0.25) is 0 Å². The Morgan fingerprint density at radius 1 is 1.12 bits per heavy atom. The summed E-state index contributed by atoms with van der Waals surface area (Å²) >= 11 is 0. The second-order valence-electron chi connectivity index (χ2n) is 4.09. The molecular formula is C14H10O3. The standard InChI is InChI=1S/C14H10O3/c1-8-6-10-9-4-2-3-5-12(9)17-14(16)13(10)11(15)7-8/h2-7,15H,1H3. The zero-order valence-electron chi connectivity index (χ0n) is 9.23. The summed E-state index contributed by atoms with van der Waals surface area (Å²) in [4.78, 5) is 11.8. The zero-order chi connectivity index (χ0) is 12.0. The van der Waals surface area contributed by atoms with Crippen LogP contribution in [0.4, 0.5) is 0 Å². The van der Waals surface area contributed by atoms with Gasteiger partial charge in [0.15, 0.2) is 0 Å². The minimum Gasteiger partial charge on any atom is -0.507 e. The molecule has 1 aromatic heterocycles. The van der Waals surface area contributed by atoms with Crippen LogP contribution < -0.4 is 5.63 Å². The van der Waals surface area contributed by atoms with E-state index in [1.54, 1.807) is 12.1 Å². The van der Waals surface area contributed by atoms with Crippen LogP contribution >= 0.6 is 0 Å². The summed E-state index contributed by atoms with van der Waals surface area (Å²) in [6, 6.07) is 10.8. The molecule has 0 saturated heterocycles. The molecule has 2 aromatic carbocycles. The van der Waals surface area contributed by atoms with Crippen molar-refractivity contribution in [1.82, 2.24) is 0 Å². The van der Waals surface area contributed by atoms with Gasteiger partial charge in [-0.15, -0.1) is 0 Å². The van der Waals surface area contributed by atoms with E-state index in [4.69, 9.17) is 4.42 Å². The summed E-state index contributed by atoms with van der Waals surface area (Å²) in [6.45, 7) is 1.88. The Labute approximate surface area is 96.9 Å². The van der Waals surface area contributed by atoms with E-state index in [-0.39, 0.29) is 11.1 Å². The second kappa shape index (κ2) is 3.35. The maximum atomic E-state index is 11.8. The predicted octanol–water partition coefficient (Wildman–Crippen LogP) is 2.96. The summed E-state index contributed by atoms with van der Waals surface area (Å²) < 4.78 is 5.18. The molecule has 3 heteroatoms. The topological polar surface area (TPSA) is 50.4 Å². The summed E-state index contributed by atoms with van der Waals surface area (Å²) in [7, 11) is 0. The first-order valence-corrected chi connectivity index (χ1v) is 5.32. The molecule has 0 saturated carbocycles. The van der Waals surface area contributed by atoms with Crippen molar-refractivity contribution in [3.05, 3.63) is 52.4 Å². The van der Waals surface area contributed by atoms with Crippen molar-refractivity contribution in [2.75, 3.05) is 0 Å². The Morgan fingerprint density at radius 2 is 1.88 bits per heavy atom. The van der Waals surface area contributed by atoms with Crippen molar-refractivity contribution in [3.8, 4) is 5.75 Å². The minimum absolute atomic E-state index is 0.0282. The number of phenolic OH excluding ortho intramolecular Hbond substituents is 1.